The molecule has 3 aromatic carbocycles. The van der Waals surface area contributed by atoms with Crippen molar-refractivity contribution in [2.45, 2.75) is 31.0 Å². The SMILES string of the molecule is COC(=O)[C@]1(Cc2ccccc2Br)N=C(c2ccc(OCCCO)cc2)O[C@@H]1c1ccccc1CN=[N+]=[N-]. The Bertz CT molecular complexity index is 1360. The van der Waals surface area contributed by atoms with Crippen molar-refractivity contribution in [1.82, 2.24) is 0 Å². The Kier molecular flexibility index (Phi) is 9.02. The number of methoxy groups -OCH3 is 1. The molecule has 4 rings (SSSR count). The average molecular weight is 579 g/mol. The zero-order valence-electron chi connectivity index (χ0n) is 20.8. The highest BCUT2D eigenvalue weighted by Crippen LogP contribution is 2.45. The Balaban J connectivity index is 1.81. The van der Waals surface area contributed by atoms with Crippen molar-refractivity contribution in [2.24, 2.45) is 10.1 Å². The summed E-state index contributed by atoms with van der Waals surface area (Å²) in [6.07, 6.45) is -0.110. The fourth-order valence-electron chi connectivity index (χ4n) is 4.38. The smallest absolute Gasteiger partial charge is 0.338 e. The molecule has 0 aromatic heterocycles. The molecular formula is C28H27BrN4O5. The van der Waals surface area contributed by atoms with E-state index in [1.54, 1.807) is 12.1 Å². The number of benzene rings is 3. The summed E-state index contributed by atoms with van der Waals surface area (Å²) in [5.74, 6) is 0.383. The first-order valence-corrected chi connectivity index (χ1v) is 12.8. The van der Waals surface area contributed by atoms with Gasteiger partial charge in [-0.25, -0.2) is 9.79 Å². The summed E-state index contributed by atoms with van der Waals surface area (Å²) < 4.78 is 18.3. The molecule has 196 valence electrons. The lowest BCUT2D eigenvalue weighted by Gasteiger charge is -2.30. The Morgan fingerprint density at radius 3 is 2.53 bits per heavy atom. The zero-order chi connectivity index (χ0) is 27.0. The molecule has 1 aliphatic heterocycles. The van der Waals surface area contributed by atoms with Crippen molar-refractivity contribution in [1.29, 1.82) is 0 Å². The molecule has 3 aromatic rings. The van der Waals surface area contributed by atoms with Crippen molar-refractivity contribution in [3.8, 4) is 5.75 Å². The summed E-state index contributed by atoms with van der Waals surface area (Å²) in [5, 5.41) is 12.7. The molecule has 1 N–H and O–H groups in total. The van der Waals surface area contributed by atoms with Crippen LogP contribution in [-0.4, -0.2) is 42.8 Å². The van der Waals surface area contributed by atoms with Crippen LogP contribution in [-0.2, 0) is 27.2 Å². The second-order valence-corrected chi connectivity index (χ2v) is 9.49. The summed E-state index contributed by atoms with van der Waals surface area (Å²) in [6, 6.07) is 22.2. The molecular weight excluding hydrogens is 552 g/mol. The lowest BCUT2D eigenvalue weighted by atomic mass is 9.81. The summed E-state index contributed by atoms with van der Waals surface area (Å²) in [7, 11) is 1.33. The number of rotatable bonds is 11. The van der Waals surface area contributed by atoms with Crippen molar-refractivity contribution in [3.05, 3.63) is 110 Å². The van der Waals surface area contributed by atoms with Gasteiger partial charge >= 0.3 is 5.97 Å². The molecule has 0 saturated heterocycles. The van der Waals surface area contributed by atoms with E-state index in [0.29, 0.717) is 29.9 Å². The number of hydrogen-bond acceptors (Lipinski definition) is 7. The van der Waals surface area contributed by atoms with Crippen LogP contribution in [0.2, 0.25) is 0 Å². The van der Waals surface area contributed by atoms with Crippen LogP contribution in [0.25, 0.3) is 10.4 Å². The highest BCUT2D eigenvalue weighted by atomic mass is 79.9. The largest absolute Gasteiger partial charge is 0.494 e. The van der Waals surface area contributed by atoms with Crippen LogP contribution in [0, 0.1) is 0 Å². The molecule has 10 heteroatoms. The summed E-state index contributed by atoms with van der Waals surface area (Å²) >= 11 is 3.59. The number of hydrogen-bond donors (Lipinski definition) is 1. The van der Waals surface area contributed by atoms with E-state index in [0.717, 1.165) is 15.6 Å². The quantitative estimate of drug-likeness (QED) is 0.103. The number of esters is 1. The highest BCUT2D eigenvalue weighted by molar-refractivity contribution is 9.10. The molecule has 0 unspecified atom stereocenters. The maximum absolute atomic E-state index is 13.6. The van der Waals surface area contributed by atoms with Gasteiger partial charge in [-0.2, -0.15) is 0 Å². The van der Waals surface area contributed by atoms with Gasteiger partial charge in [-0.05, 0) is 52.6 Å². The molecule has 0 bridgehead atoms. The van der Waals surface area contributed by atoms with Crippen molar-refractivity contribution >= 4 is 27.8 Å². The van der Waals surface area contributed by atoms with E-state index in [1.165, 1.54) is 7.11 Å². The molecule has 0 fully saturated rings. The topological polar surface area (TPSA) is 126 Å². The molecule has 0 saturated carbocycles. The van der Waals surface area contributed by atoms with E-state index in [-0.39, 0.29) is 25.5 Å². The van der Waals surface area contributed by atoms with Gasteiger partial charge in [0.15, 0.2) is 6.10 Å². The van der Waals surface area contributed by atoms with Gasteiger partial charge in [0.1, 0.15) is 5.75 Å². The number of azide groups is 1. The third-order valence-electron chi connectivity index (χ3n) is 6.24. The number of halogens is 1. The standard InChI is InChI=1S/C28H27BrN4O5/c1-36-27(35)28(17-20-7-3-5-10-24(20)29)25(23-9-4-2-8-21(23)18-31-33-30)38-26(32-28)19-11-13-22(14-12-19)37-16-6-15-34/h2-5,7-14,25,34H,6,15-18H2,1H3/t25-,28-/m1/s1. The third kappa shape index (κ3) is 5.83. The molecule has 0 amide bonds. The molecule has 0 aliphatic carbocycles. The number of aliphatic hydroxyl groups excluding tert-OH is 1. The Hall–Kier alpha value is -3.85. The van der Waals surface area contributed by atoms with Gasteiger partial charge in [0.05, 0.1) is 20.3 Å². The molecule has 1 aliphatic rings. The van der Waals surface area contributed by atoms with Crippen LogP contribution in [0.1, 0.15) is 34.8 Å². The van der Waals surface area contributed by atoms with Crippen molar-refractivity contribution in [3.63, 3.8) is 0 Å². The average Bonchev–Trinajstić information content (AvgIpc) is 3.33. The van der Waals surface area contributed by atoms with Gasteiger partial charge in [0, 0.05) is 34.4 Å². The number of ether oxygens (including phenoxy) is 3. The Morgan fingerprint density at radius 1 is 1.13 bits per heavy atom. The van der Waals surface area contributed by atoms with E-state index in [1.807, 2.05) is 60.7 Å². The third-order valence-corrected chi connectivity index (χ3v) is 7.01. The lowest BCUT2D eigenvalue weighted by Crippen LogP contribution is -2.44. The molecule has 1 heterocycles. The fraction of sp³-hybridized carbons (Fsp3) is 0.286. The minimum absolute atomic E-state index is 0.0540. The summed E-state index contributed by atoms with van der Waals surface area (Å²) in [5.41, 5.74) is 10.4. The normalized spacial score (nSPS) is 18.2. The fourth-order valence-corrected chi connectivity index (χ4v) is 4.81. The first-order valence-electron chi connectivity index (χ1n) is 12.0. The number of nitrogens with zero attached hydrogens (tertiary/aromatic N) is 4. The second kappa shape index (κ2) is 12.6. The number of carbonyl (C=O) groups excluding carboxylic acids is 1. The Labute approximate surface area is 228 Å². The monoisotopic (exact) mass is 578 g/mol. The molecule has 0 spiro atoms. The van der Waals surface area contributed by atoms with Gasteiger partial charge in [-0.3, -0.25) is 0 Å². The maximum atomic E-state index is 13.6. The number of aliphatic hydroxyl groups is 1. The van der Waals surface area contributed by atoms with Gasteiger partial charge in [-0.1, -0.05) is 63.5 Å². The molecule has 0 radical (unpaired) electrons. The van der Waals surface area contributed by atoms with Crippen LogP contribution >= 0.6 is 15.9 Å². The summed E-state index contributed by atoms with van der Waals surface area (Å²) in [4.78, 5) is 21.4. The van der Waals surface area contributed by atoms with Crippen LogP contribution in [0.15, 0.2) is 87.4 Å². The Morgan fingerprint density at radius 2 is 1.84 bits per heavy atom. The van der Waals surface area contributed by atoms with E-state index in [2.05, 4.69) is 26.0 Å². The van der Waals surface area contributed by atoms with Gasteiger partial charge in [-0.15, -0.1) is 0 Å². The van der Waals surface area contributed by atoms with Crippen LogP contribution in [0.5, 0.6) is 5.75 Å². The minimum atomic E-state index is -1.45. The number of aliphatic imine (C=N–C) groups is 1. The van der Waals surface area contributed by atoms with E-state index < -0.39 is 17.6 Å². The zero-order valence-corrected chi connectivity index (χ0v) is 22.4. The van der Waals surface area contributed by atoms with Crippen LogP contribution < -0.4 is 4.74 Å². The van der Waals surface area contributed by atoms with E-state index in [9.17, 15) is 4.79 Å². The van der Waals surface area contributed by atoms with Crippen molar-refractivity contribution in [2.75, 3.05) is 20.3 Å². The minimum Gasteiger partial charge on any atom is -0.494 e. The molecule has 38 heavy (non-hydrogen) atoms. The predicted octanol–water partition coefficient (Wildman–Crippen LogP) is 5.69. The maximum Gasteiger partial charge on any atom is 0.338 e. The molecule has 2 atom stereocenters. The highest BCUT2D eigenvalue weighted by Gasteiger charge is 2.55. The van der Waals surface area contributed by atoms with E-state index >= 15 is 0 Å². The van der Waals surface area contributed by atoms with Crippen LogP contribution in [0.3, 0.4) is 0 Å². The predicted molar refractivity (Wildman–Crippen MR) is 146 cm³/mol. The lowest BCUT2D eigenvalue weighted by molar-refractivity contribution is -0.150. The van der Waals surface area contributed by atoms with Gasteiger partial charge in [0.2, 0.25) is 11.4 Å². The van der Waals surface area contributed by atoms with E-state index in [4.69, 9.17) is 29.8 Å². The van der Waals surface area contributed by atoms with Crippen molar-refractivity contribution < 1.29 is 24.1 Å². The van der Waals surface area contributed by atoms with Gasteiger partial charge in [0.25, 0.3) is 0 Å². The summed E-state index contributed by atoms with van der Waals surface area (Å²) in [6.45, 7) is 0.543. The first-order chi connectivity index (χ1) is 18.5. The second-order valence-electron chi connectivity index (χ2n) is 8.64. The molecule has 9 nitrogen and oxygen atoms in total. The van der Waals surface area contributed by atoms with Crippen LogP contribution in [0.4, 0.5) is 0 Å². The number of carbonyl (C=O) groups is 1. The first kappa shape index (κ1) is 27.2. The van der Waals surface area contributed by atoms with Gasteiger partial charge < -0.3 is 19.3 Å².